The lowest BCUT2D eigenvalue weighted by Crippen LogP contribution is -2.46. The first-order valence-corrected chi connectivity index (χ1v) is 11.5. The molecule has 1 aliphatic rings. The van der Waals surface area contributed by atoms with Gasteiger partial charge in [-0.1, -0.05) is 0 Å². The van der Waals surface area contributed by atoms with E-state index >= 15 is 0 Å². The lowest BCUT2D eigenvalue weighted by Gasteiger charge is -2.22. The van der Waals surface area contributed by atoms with Crippen LogP contribution in [0.1, 0.15) is 42.9 Å². The summed E-state index contributed by atoms with van der Waals surface area (Å²) in [6, 6.07) is 2.66. The molecule has 1 aromatic carbocycles. The van der Waals surface area contributed by atoms with Crippen molar-refractivity contribution in [3.05, 3.63) is 39.2 Å². The third kappa shape index (κ3) is 4.80. The molecule has 0 fully saturated rings. The summed E-state index contributed by atoms with van der Waals surface area (Å²) < 4.78 is 11.5. The van der Waals surface area contributed by atoms with Gasteiger partial charge in [0.05, 0.1) is 5.39 Å². The van der Waals surface area contributed by atoms with Gasteiger partial charge >= 0.3 is 11.6 Å². The molecule has 2 aromatic rings. The Morgan fingerprint density at radius 2 is 1.97 bits per heavy atom. The zero-order valence-corrected chi connectivity index (χ0v) is 18.3. The molecule has 7 nitrogen and oxygen atoms in total. The monoisotopic (exact) mass is 433 g/mol. The van der Waals surface area contributed by atoms with Gasteiger partial charge in [0.15, 0.2) is 6.10 Å². The van der Waals surface area contributed by atoms with Crippen molar-refractivity contribution in [1.82, 2.24) is 5.32 Å². The maximum atomic E-state index is 12.6. The van der Waals surface area contributed by atoms with Crippen molar-refractivity contribution in [3.63, 3.8) is 0 Å². The number of carbonyl (C=O) groups excluding carboxylic acids is 1. The van der Waals surface area contributed by atoms with E-state index in [1.165, 1.54) is 11.8 Å². The first-order chi connectivity index (χ1) is 14.3. The van der Waals surface area contributed by atoms with Gasteiger partial charge in [-0.15, -0.1) is 0 Å². The van der Waals surface area contributed by atoms with Crippen molar-refractivity contribution >= 4 is 34.6 Å². The Bertz CT molecular complexity index is 1010. The fourth-order valence-electron chi connectivity index (χ4n) is 3.79. The molecule has 2 N–H and O–H groups in total. The molecule has 1 heterocycles. The number of aryl methyl sites for hydroxylation is 2. The predicted octanol–water partition coefficient (Wildman–Crippen LogP) is 3.07. The third-order valence-corrected chi connectivity index (χ3v) is 5.97. The van der Waals surface area contributed by atoms with E-state index in [0.717, 1.165) is 35.8 Å². The lowest BCUT2D eigenvalue weighted by molar-refractivity contribution is -0.142. The Labute approximate surface area is 179 Å². The van der Waals surface area contributed by atoms with Crippen LogP contribution in [0.2, 0.25) is 0 Å². The SMILES string of the molecule is CSCC[C@@H](NC(=O)C(C)Oc1cc(C)cc2oc(=O)c3c(c12)CCCC3)C(=O)O. The Hall–Kier alpha value is -2.48. The fourth-order valence-corrected chi connectivity index (χ4v) is 4.26. The molecule has 8 heteroatoms. The molecule has 0 saturated heterocycles. The van der Waals surface area contributed by atoms with Gasteiger partial charge in [0, 0.05) is 5.56 Å². The normalized spacial score (nSPS) is 15.3. The molecule has 30 heavy (non-hydrogen) atoms. The maximum absolute atomic E-state index is 12.6. The summed E-state index contributed by atoms with van der Waals surface area (Å²) in [6.07, 6.45) is 4.66. The summed E-state index contributed by atoms with van der Waals surface area (Å²) in [5.74, 6) is -0.461. The number of hydrogen-bond acceptors (Lipinski definition) is 6. The lowest BCUT2D eigenvalue weighted by atomic mass is 9.90. The number of carboxylic acids is 1. The highest BCUT2D eigenvalue weighted by Gasteiger charge is 2.26. The van der Waals surface area contributed by atoms with Crippen molar-refractivity contribution in [3.8, 4) is 5.75 Å². The highest BCUT2D eigenvalue weighted by molar-refractivity contribution is 7.98. The van der Waals surface area contributed by atoms with Crippen LogP contribution in [0.4, 0.5) is 0 Å². The highest BCUT2D eigenvalue weighted by atomic mass is 32.2. The number of fused-ring (bicyclic) bond motifs is 3. The molecule has 0 bridgehead atoms. The summed E-state index contributed by atoms with van der Waals surface area (Å²) in [5, 5.41) is 12.6. The van der Waals surface area contributed by atoms with Crippen molar-refractivity contribution in [2.45, 2.75) is 58.1 Å². The Kier molecular flexibility index (Phi) is 7.07. The average Bonchev–Trinajstić information content (AvgIpc) is 2.70. The molecule has 1 aromatic heterocycles. The van der Waals surface area contributed by atoms with E-state index in [-0.39, 0.29) is 5.63 Å². The molecule has 2 atom stereocenters. The Morgan fingerprint density at radius 3 is 2.63 bits per heavy atom. The van der Waals surface area contributed by atoms with E-state index < -0.39 is 24.0 Å². The number of amides is 1. The number of thioether (sulfide) groups is 1. The van der Waals surface area contributed by atoms with E-state index in [9.17, 15) is 19.5 Å². The first kappa shape index (κ1) is 22.2. The average molecular weight is 434 g/mol. The van der Waals surface area contributed by atoms with Crippen LogP contribution in [0, 0.1) is 6.92 Å². The zero-order valence-electron chi connectivity index (χ0n) is 17.4. The molecule has 0 radical (unpaired) electrons. The molecule has 0 saturated carbocycles. The van der Waals surface area contributed by atoms with Gasteiger partial charge in [-0.3, -0.25) is 4.79 Å². The number of ether oxygens (including phenoxy) is 1. The molecule has 1 amide bonds. The second-order valence-electron chi connectivity index (χ2n) is 7.63. The number of benzene rings is 1. The number of rotatable bonds is 8. The van der Waals surface area contributed by atoms with Crippen LogP contribution in [0.25, 0.3) is 11.0 Å². The molecule has 0 spiro atoms. The van der Waals surface area contributed by atoms with E-state index in [4.69, 9.17) is 9.15 Å². The molecular formula is C22H27NO6S. The van der Waals surface area contributed by atoms with Crippen molar-refractivity contribution in [2.75, 3.05) is 12.0 Å². The van der Waals surface area contributed by atoms with Crippen LogP contribution in [0.3, 0.4) is 0 Å². The zero-order chi connectivity index (χ0) is 21.8. The predicted molar refractivity (Wildman–Crippen MR) is 117 cm³/mol. The molecule has 162 valence electrons. The van der Waals surface area contributed by atoms with Crippen molar-refractivity contribution < 1.29 is 23.8 Å². The van der Waals surface area contributed by atoms with Crippen molar-refractivity contribution in [2.24, 2.45) is 0 Å². The smallest absolute Gasteiger partial charge is 0.339 e. The molecule has 0 aliphatic heterocycles. The minimum atomic E-state index is -1.07. The number of aliphatic carboxylic acids is 1. The second-order valence-corrected chi connectivity index (χ2v) is 8.62. The van der Waals surface area contributed by atoms with Gasteiger partial charge in [-0.2, -0.15) is 11.8 Å². The Morgan fingerprint density at radius 1 is 1.27 bits per heavy atom. The fraction of sp³-hybridized carbons (Fsp3) is 0.500. The number of hydrogen-bond donors (Lipinski definition) is 2. The summed E-state index contributed by atoms with van der Waals surface area (Å²) in [7, 11) is 0. The highest BCUT2D eigenvalue weighted by Crippen LogP contribution is 2.35. The minimum Gasteiger partial charge on any atom is -0.480 e. The van der Waals surface area contributed by atoms with Gasteiger partial charge in [0.25, 0.3) is 5.91 Å². The summed E-state index contributed by atoms with van der Waals surface area (Å²) in [5.41, 5.74) is 2.60. The van der Waals surface area contributed by atoms with E-state index in [2.05, 4.69) is 5.32 Å². The number of nitrogens with one attached hydrogen (secondary N) is 1. The van der Waals surface area contributed by atoms with E-state index in [0.29, 0.717) is 35.5 Å². The summed E-state index contributed by atoms with van der Waals surface area (Å²) >= 11 is 1.52. The van der Waals surface area contributed by atoms with Crippen LogP contribution in [-0.2, 0) is 22.4 Å². The molecule has 1 unspecified atom stereocenters. The standard InChI is InChI=1S/C22H27NO6S/c1-12-10-17(28-13(2)20(24)23-16(21(25)26)8-9-30-3)19-14-6-4-5-7-15(14)22(27)29-18(19)11-12/h10-11,13,16H,4-9H2,1-3H3,(H,23,24)(H,25,26)/t13?,16-/m1/s1. The second kappa shape index (κ2) is 9.55. The van der Waals surface area contributed by atoms with Gasteiger partial charge in [0.2, 0.25) is 0 Å². The molecular weight excluding hydrogens is 406 g/mol. The molecule has 1 aliphatic carbocycles. The molecule has 3 rings (SSSR count). The summed E-state index contributed by atoms with van der Waals surface area (Å²) in [4.78, 5) is 36.4. The van der Waals surface area contributed by atoms with Gasteiger partial charge < -0.3 is 19.6 Å². The van der Waals surface area contributed by atoms with Gasteiger partial charge in [0.1, 0.15) is 17.4 Å². The van der Waals surface area contributed by atoms with E-state index in [1.807, 2.05) is 19.2 Å². The Balaban J connectivity index is 1.90. The first-order valence-electron chi connectivity index (χ1n) is 10.1. The van der Waals surface area contributed by atoms with Crippen LogP contribution in [0.15, 0.2) is 21.3 Å². The van der Waals surface area contributed by atoms with Crippen LogP contribution in [0.5, 0.6) is 5.75 Å². The van der Waals surface area contributed by atoms with Gasteiger partial charge in [-0.25, -0.2) is 9.59 Å². The van der Waals surface area contributed by atoms with Crippen LogP contribution < -0.4 is 15.7 Å². The van der Waals surface area contributed by atoms with E-state index in [1.54, 1.807) is 13.0 Å². The number of carbonyl (C=O) groups is 2. The quantitative estimate of drug-likeness (QED) is 0.616. The van der Waals surface area contributed by atoms with Crippen LogP contribution in [-0.4, -0.2) is 41.1 Å². The summed E-state index contributed by atoms with van der Waals surface area (Å²) in [6.45, 7) is 3.45. The van der Waals surface area contributed by atoms with Crippen LogP contribution >= 0.6 is 11.8 Å². The third-order valence-electron chi connectivity index (χ3n) is 5.33. The maximum Gasteiger partial charge on any atom is 0.339 e. The largest absolute Gasteiger partial charge is 0.480 e. The topological polar surface area (TPSA) is 106 Å². The van der Waals surface area contributed by atoms with Crippen molar-refractivity contribution in [1.29, 1.82) is 0 Å². The number of carboxylic acid groups (broad SMARTS) is 1. The minimum absolute atomic E-state index is 0.308. The van der Waals surface area contributed by atoms with Gasteiger partial charge in [-0.05, 0) is 81.2 Å².